The second kappa shape index (κ2) is 7.25. The van der Waals surface area contributed by atoms with Crippen LogP contribution in [-0.2, 0) is 12.8 Å². The third-order valence-corrected chi connectivity index (χ3v) is 5.65. The summed E-state index contributed by atoms with van der Waals surface area (Å²) in [6, 6.07) is 13.7. The minimum absolute atomic E-state index is 0.231. The molecule has 0 fully saturated rings. The highest BCUT2D eigenvalue weighted by Crippen LogP contribution is 2.35. The van der Waals surface area contributed by atoms with Gasteiger partial charge in [-0.3, -0.25) is 0 Å². The monoisotopic (exact) mass is 407 g/mol. The van der Waals surface area contributed by atoms with E-state index in [9.17, 15) is 0 Å². The van der Waals surface area contributed by atoms with Gasteiger partial charge in [-0.25, -0.2) is 0 Å². The van der Waals surface area contributed by atoms with Crippen LogP contribution < -0.4 is 9.47 Å². The van der Waals surface area contributed by atoms with E-state index in [4.69, 9.17) is 14.0 Å². The predicted octanol–water partition coefficient (Wildman–Crippen LogP) is 3.86. The van der Waals surface area contributed by atoms with Crippen molar-refractivity contribution in [2.24, 2.45) is 7.05 Å². The summed E-state index contributed by atoms with van der Waals surface area (Å²) in [7, 11) is 1.95. The van der Waals surface area contributed by atoms with Crippen molar-refractivity contribution >= 4 is 11.8 Å². The van der Waals surface area contributed by atoms with Gasteiger partial charge in [-0.2, -0.15) is 4.98 Å². The van der Waals surface area contributed by atoms with Crippen LogP contribution in [0.2, 0.25) is 0 Å². The van der Waals surface area contributed by atoms with Gasteiger partial charge in [0, 0.05) is 18.2 Å². The van der Waals surface area contributed by atoms with Crippen LogP contribution in [-0.4, -0.2) is 31.7 Å². The summed E-state index contributed by atoms with van der Waals surface area (Å²) in [5.74, 6) is 3.76. The standard InChI is InChI=1S/C20H17N5O3S/c1-12-5-3-4-6-14(12)19-22-23-20(25(19)2)29-10-17-21-18(24-28-17)13-7-8-15-16(9-13)27-11-26-15/h3-9H,10-11H2,1-2H3. The fraction of sp³-hybridized carbons (Fsp3) is 0.200. The van der Waals surface area contributed by atoms with Crippen molar-refractivity contribution in [1.82, 2.24) is 24.9 Å². The highest BCUT2D eigenvalue weighted by Gasteiger charge is 2.18. The summed E-state index contributed by atoms with van der Waals surface area (Å²) in [6.07, 6.45) is 0. The number of aryl methyl sites for hydroxylation is 1. The summed E-state index contributed by atoms with van der Waals surface area (Å²) >= 11 is 1.50. The Morgan fingerprint density at radius 1 is 1.07 bits per heavy atom. The van der Waals surface area contributed by atoms with Crippen LogP contribution in [0.25, 0.3) is 22.8 Å². The van der Waals surface area contributed by atoms with Gasteiger partial charge in [-0.15, -0.1) is 10.2 Å². The van der Waals surface area contributed by atoms with Gasteiger partial charge >= 0.3 is 0 Å². The minimum atomic E-state index is 0.231. The van der Waals surface area contributed by atoms with Crippen molar-refractivity contribution in [3.63, 3.8) is 0 Å². The lowest BCUT2D eigenvalue weighted by Crippen LogP contribution is -1.96. The molecule has 2 aromatic heterocycles. The molecule has 29 heavy (non-hydrogen) atoms. The molecular formula is C20H17N5O3S. The molecule has 0 radical (unpaired) electrons. The van der Waals surface area contributed by atoms with E-state index in [2.05, 4.69) is 33.3 Å². The Labute approximate surface area is 170 Å². The van der Waals surface area contributed by atoms with E-state index in [-0.39, 0.29) is 6.79 Å². The Kier molecular flexibility index (Phi) is 4.44. The molecule has 2 aromatic carbocycles. The van der Waals surface area contributed by atoms with Gasteiger partial charge in [-0.05, 0) is 30.7 Å². The van der Waals surface area contributed by atoms with E-state index in [0.29, 0.717) is 23.2 Å². The smallest absolute Gasteiger partial charge is 0.237 e. The molecule has 9 heteroatoms. The van der Waals surface area contributed by atoms with Gasteiger partial charge in [0.15, 0.2) is 22.5 Å². The fourth-order valence-electron chi connectivity index (χ4n) is 3.09. The number of ether oxygens (including phenoxy) is 2. The largest absolute Gasteiger partial charge is 0.454 e. The molecular weight excluding hydrogens is 390 g/mol. The second-order valence-corrected chi connectivity index (χ2v) is 7.49. The van der Waals surface area contributed by atoms with Crippen LogP contribution in [0.3, 0.4) is 0 Å². The minimum Gasteiger partial charge on any atom is -0.454 e. The zero-order valence-corrected chi connectivity index (χ0v) is 16.6. The molecule has 8 nitrogen and oxygen atoms in total. The molecule has 0 saturated heterocycles. The number of hydrogen-bond donors (Lipinski definition) is 0. The second-order valence-electron chi connectivity index (χ2n) is 6.55. The Morgan fingerprint density at radius 2 is 1.93 bits per heavy atom. The zero-order valence-electron chi connectivity index (χ0n) is 15.8. The topological polar surface area (TPSA) is 88.1 Å². The molecule has 5 rings (SSSR count). The van der Waals surface area contributed by atoms with Gasteiger partial charge < -0.3 is 18.6 Å². The average molecular weight is 407 g/mol. The molecule has 0 N–H and O–H groups in total. The normalized spacial score (nSPS) is 12.5. The maximum Gasteiger partial charge on any atom is 0.237 e. The van der Waals surface area contributed by atoms with Crippen LogP contribution in [0.1, 0.15) is 11.5 Å². The number of nitrogens with zero attached hydrogens (tertiary/aromatic N) is 5. The van der Waals surface area contributed by atoms with Gasteiger partial charge in [-0.1, -0.05) is 41.2 Å². The molecule has 3 heterocycles. The summed E-state index contributed by atoms with van der Waals surface area (Å²) in [4.78, 5) is 4.48. The van der Waals surface area contributed by atoms with E-state index < -0.39 is 0 Å². The van der Waals surface area contributed by atoms with Crippen molar-refractivity contribution in [2.75, 3.05) is 6.79 Å². The Morgan fingerprint density at radius 3 is 2.83 bits per heavy atom. The lowest BCUT2D eigenvalue weighted by Gasteiger charge is -2.05. The van der Waals surface area contributed by atoms with Crippen molar-refractivity contribution in [1.29, 1.82) is 0 Å². The zero-order chi connectivity index (χ0) is 19.8. The molecule has 1 aliphatic rings. The maximum atomic E-state index is 5.40. The molecule has 146 valence electrons. The van der Waals surface area contributed by atoms with Gasteiger partial charge in [0.05, 0.1) is 5.75 Å². The Bertz CT molecular complexity index is 1190. The first-order chi connectivity index (χ1) is 14.2. The number of fused-ring (bicyclic) bond motifs is 1. The lowest BCUT2D eigenvalue weighted by molar-refractivity contribution is 0.174. The quantitative estimate of drug-likeness (QED) is 0.461. The highest BCUT2D eigenvalue weighted by atomic mass is 32.2. The number of benzene rings is 2. The average Bonchev–Trinajstić information content (AvgIpc) is 3.46. The first-order valence-electron chi connectivity index (χ1n) is 9.00. The molecule has 0 unspecified atom stereocenters. The molecule has 0 atom stereocenters. The fourth-order valence-corrected chi connectivity index (χ4v) is 3.84. The molecule has 0 amide bonds. The summed E-state index contributed by atoms with van der Waals surface area (Å²) in [5, 5.41) is 13.5. The number of rotatable bonds is 5. The molecule has 0 spiro atoms. The molecule has 0 aliphatic carbocycles. The molecule has 0 bridgehead atoms. The Balaban J connectivity index is 1.31. The van der Waals surface area contributed by atoms with Crippen molar-refractivity contribution in [2.45, 2.75) is 17.8 Å². The molecule has 0 saturated carbocycles. The summed E-state index contributed by atoms with van der Waals surface area (Å²) in [5.41, 5.74) is 3.04. The van der Waals surface area contributed by atoms with E-state index in [1.807, 2.05) is 48.0 Å². The van der Waals surface area contributed by atoms with E-state index in [1.54, 1.807) is 0 Å². The van der Waals surface area contributed by atoms with E-state index >= 15 is 0 Å². The lowest BCUT2D eigenvalue weighted by atomic mass is 10.1. The van der Waals surface area contributed by atoms with E-state index in [0.717, 1.165) is 33.4 Å². The maximum absolute atomic E-state index is 5.40. The highest BCUT2D eigenvalue weighted by molar-refractivity contribution is 7.98. The van der Waals surface area contributed by atoms with Gasteiger partial charge in [0.2, 0.25) is 18.5 Å². The van der Waals surface area contributed by atoms with Gasteiger partial charge in [0.1, 0.15) is 0 Å². The summed E-state index contributed by atoms with van der Waals surface area (Å²) in [6.45, 7) is 2.29. The van der Waals surface area contributed by atoms with Crippen LogP contribution in [0.15, 0.2) is 52.1 Å². The van der Waals surface area contributed by atoms with Crippen LogP contribution in [0.4, 0.5) is 0 Å². The predicted molar refractivity (Wildman–Crippen MR) is 107 cm³/mol. The van der Waals surface area contributed by atoms with Crippen LogP contribution >= 0.6 is 11.8 Å². The summed E-state index contributed by atoms with van der Waals surface area (Å²) < 4.78 is 18.1. The number of hydrogen-bond acceptors (Lipinski definition) is 8. The van der Waals surface area contributed by atoms with Crippen molar-refractivity contribution in [3.05, 3.63) is 53.9 Å². The third kappa shape index (κ3) is 3.33. The number of thioether (sulfide) groups is 1. The Hall–Kier alpha value is -3.33. The third-order valence-electron chi connectivity index (χ3n) is 4.64. The SMILES string of the molecule is Cc1ccccc1-c1nnc(SCc2nc(-c3ccc4c(c3)OCO4)no2)n1C. The first kappa shape index (κ1) is 17.7. The van der Waals surface area contributed by atoms with Crippen molar-refractivity contribution < 1.29 is 14.0 Å². The van der Waals surface area contributed by atoms with E-state index in [1.165, 1.54) is 11.8 Å². The van der Waals surface area contributed by atoms with Crippen LogP contribution in [0.5, 0.6) is 11.5 Å². The van der Waals surface area contributed by atoms with Crippen LogP contribution in [0, 0.1) is 6.92 Å². The number of aromatic nitrogens is 5. The molecule has 1 aliphatic heterocycles. The van der Waals surface area contributed by atoms with Crippen molar-refractivity contribution in [3.8, 4) is 34.3 Å². The molecule has 4 aromatic rings. The van der Waals surface area contributed by atoms with Gasteiger partial charge in [0.25, 0.3) is 0 Å². The first-order valence-corrected chi connectivity index (χ1v) is 9.98.